The number of rotatable bonds is 11. The topological polar surface area (TPSA) is 58.2 Å². The van der Waals surface area contributed by atoms with Gasteiger partial charge in [0.2, 0.25) is 5.91 Å². The van der Waals surface area contributed by atoms with Crippen molar-refractivity contribution in [2.75, 3.05) is 13.1 Å². The Bertz CT molecular complexity index is 702. The number of hydrogen-bond acceptors (Lipinski definition) is 2. The molecule has 0 atom stereocenters. The maximum atomic E-state index is 12.8. The van der Waals surface area contributed by atoms with E-state index < -0.39 is 0 Å². The number of hydrogen-bond donors (Lipinski definition) is 2. The molecule has 0 aliphatic heterocycles. The van der Waals surface area contributed by atoms with E-state index in [-0.39, 0.29) is 17.6 Å². The van der Waals surface area contributed by atoms with E-state index in [4.69, 9.17) is 0 Å². The van der Waals surface area contributed by atoms with Gasteiger partial charge < -0.3 is 10.6 Å². The molecule has 2 N–H and O–H groups in total. The molecule has 4 nitrogen and oxygen atoms in total. The fourth-order valence-corrected chi connectivity index (χ4v) is 2.75. The molecule has 0 fully saturated rings. The van der Waals surface area contributed by atoms with E-state index in [0.717, 1.165) is 32.1 Å². The van der Waals surface area contributed by atoms with E-state index in [2.05, 4.69) is 22.8 Å². The zero-order chi connectivity index (χ0) is 19.3. The maximum absolute atomic E-state index is 12.8. The maximum Gasteiger partial charge on any atom is 0.251 e. The fourth-order valence-electron chi connectivity index (χ4n) is 2.75. The minimum atomic E-state index is -0.357. The van der Waals surface area contributed by atoms with Crippen molar-refractivity contribution in [2.45, 2.75) is 38.5 Å². The summed E-state index contributed by atoms with van der Waals surface area (Å²) in [4.78, 5) is 23.6. The van der Waals surface area contributed by atoms with Crippen molar-refractivity contribution in [3.8, 4) is 0 Å². The smallest absolute Gasteiger partial charge is 0.251 e. The van der Waals surface area contributed by atoms with Crippen LogP contribution in [0.1, 0.15) is 48.0 Å². The van der Waals surface area contributed by atoms with Gasteiger partial charge in [0.25, 0.3) is 5.91 Å². The summed E-state index contributed by atoms with van der Waals surface area (Å²) in [5, 5.41) is 5.75. The quantitative estimate of drug-likeness (QED) is 0.590. The van der Waals surface area contributed by atoms with Crippen molar-refractivity contribution < 1.29 is 14.0 Å². The molecule has 2 aromatic rings. The van der Waals surface area contributed by atoms with Crippen LogP contribution in [0.15, 0.2) is 54.6 Å². The summed E-state index contributed by atoms with van der Waals surface area (Å²) >= 11 is 0. The van der Waals surface area contributed by atoms with E-state index in [9.17, 15) is 14.0 Å². The zero-order valence-electron chi connectivity index (χ0n) is 15.5. The Hall–Kier alpha value is -2.69. The lowest BCUT2D eigenvalue weighted by Crippen LogP contribution is -2.25. The van der Waals surface area contributed by atoms with Crippen molar-refractivity contribution in [3.05, 3.63) is 71.5 Å². The lowest BCUT2D eigenvalue weighted by atomic mass is 10.1. The minimum absolute atomic E-state index is 0.0819. The van der Waals surface area contributed by atoms with Crippen LogP contribution in [0.25, 0.3) is 0 Å². The van der Waals surface area contributed by atoms with Gasteiger partial charge in [0.1, 0.15) is 5.82 Å². The molecule has 0 radical (unpaired) electrons. The van der Waals surface area contributed by atoms with Gasteiger partial charge in [0.15, 0.2) is 0 Å². The predicted octanol–water partition coefficient (Wildman–Crippen LogP) is 3.86. The number of unbranched alkanes of at least 4 members (excludes halogenated alkanes) is 2. The monoisotopic (exact) mass is 370 g/mol. The van der Waals surface area contributed by atoms with Gasteiger partial charge in [0, 0.05) is 25.1 Å². The van der Waals surface area contributed by atoms with Crippen LogP contribution in [0.4, 0.5) is 4.39 Å². The normalized spacial score (nSPS) is 10.4. The number of amides is 2. The summed E-state index contributed by atoms with van der Waals surface area (Å²) in [7, 11) is 0. The Balaban J connectivity index is 1.46. The van der Waals surface area contributed by atoms with Gasteiger partial charge in [-0.1, -0.05) is 36.8 Å². The largest absolute Gasteiger partial charge is 0.356 e. The minimum Gasteiger partial charge on any atom is -0.356 e. The molecule has 0 aromatic heterocycles. The highest BCUT2D eigenvalue weighted by Crippen LogP contribution is 2.04. The molecule has 2 amide bonds. The van der Waals surface area contributed by atoms with Crippen molar-refractivity contribution in [1.82, 2.24) is 10.6 Å². The molecule has 0 saturated carbocycles. The van der Waals surface area contributed by atoms with Gasteiger partial charge in [0.05, 0.1) is 0 Å². The third-order valence-corrected chi connectivity index (χ3v) is 4.28. The molecule has 5 heteroatoms. The summed E-state index contributed by atoms with van der Waals surface area (Å²) in [6.45, 7) is 1.25. The van der Waals surface area contributed by atoms with Gasteiger partial charge in [-0.15, -0.1) is 0 Å². The molecule has 27 heavy (non-hydrogen) atoms. The lowest BCUT2D eigenvalue weighted by Gasteiger charge is -2.07. The summed E-state index contributed by atoms with van der Waals surface area (Å²) < 4.78 is 12.8. The molecular formula is C22H27FN2O2. The highest BCUT2D eigenvalue weighted by atomic mass is 19.1. The van der Waals surface area contributed by atoms with Crippen LogP contribution in [-0.2, 0) is 11.2 Å². The van der Waals surface area contributed by atoms with Gasteiger partial charge in [-0.3, -0.25) is 9.59 Å². The number of aryl methyl sites for hydroxylation is 1. The first-order chi connectivity index (χ1) is 13.1. The van der Waals surface area contributed by atoms with Gasteiger partial charge in [-0.25, -0.2) is 4.39 Å². The third kappa shape index (κ3) is 8.49. The summed E-state index contributed by atoms with van der Waals surface area (Å²) in [5.74, 6) is -0.477. The summed E-state index contributed by atoms with van der Waals surface area (Å²) in [5.41, 5.74) is 1.74. The van der Waals surface area contributed by atoms with Crippen LogP contribution >= 0.6 is 0 Å². The molecule has 0 saturated heterocycles. The molecule has 0 aliphatic carbocycles. The molecule has 2 rings (SSSR count). The molecule has 0 bridgehead atoms. The first-order valence-corrected chi connectivity index (χ1v) is 9.49. The fraction of sp³-hybridized carbons (Fsp3) is 0.364. The van der Waals surface area contributed by atoms with Crippen molar-refractivity contribution >= 4 is 11.8 Å². The molecule has 144 valence electrons. The van der Waals surface area contributed by atoms with Crippen LogP contribution in [0.2, 0.25) is 0 Å². The second kappa shape index (κ2) is 11.8. The van der Waals surface area contributed by atoms with Crippen LogP contribution in [0.5, 0.6) is 0 Å². The second-order valence-corrected chi connectivity index (χ2v) is 6.51. The number of benzene rings is 2. The van der Waals surface area contributed by atoms with E-state index in [1.807, 2.05) is 18.2 Å². The van der Waals surface area contributed by atoms with Gasteiger partial charge in [-0.2, -0.15) is 0 Å². The SMILES string of the molecule is O=C(CCCCCNC(=O)c1ccc(F)cc1)NCCCc1ccccc1. The summed E-state index contributed by atoms with van der Waals surface area (Å²) in [6.07, 6.45) is 4.91. The number of carbonyl (C=O) groups excluding carboxylic acids is 2. The van der Waals surface area contributed by atoms with Crippen molar-refractivity contribution in [1.29, 1.82) is 0 Å². The Morgan fingerprint density at radius 2 is 1.48 bits per heavy atom. The van der Waals surface area contributed by atoms with E-state index in [0.29, 0.717) is 25.1 Å². The standard InChI is InChI=1S/C22H27FN2O2/c23-20-14-12-19(13-15-20)22(27)25-16-6-2-5-11-21(26)24-17-7-10-18-8-3-1-4-9-18/h1,3-4,8-9,12-15H,2,5-7,10-11,16-17H2,(H,24,26)(H,25,27). The average Bonchev–Trinajstić information content (AvgIpc) is 2.69. The number of halogens is 1. The first kappa shape index (κ1) is 20.6. The third-order valence-electron chi connectivity index (χ3n) is 4.28. The molecule has 0 unspecified atom stereocenters. The Kier molecular flexibility index (Phi) is 9.04. The zero-order valence-corrected chi connectivity index (χ0v) is 15.5. The van der Waals surface area contributed by atoms with Gasteiger partial charge in [-0.05, 0) is 55.5 Å². The van der Waals surface area contributed by atoms with Crippen LogP contribution in [0, 0.1) is 5.82 Å². The van der Waals surface area contributed by atoms with Crippen molar-refractivity contribution in [3.63, 3.8) is 0 Å². The van der Waals surface area contributed by atoms with E-state index in [1.54, 1.807) is 0 Å². The second-order valence-electron chi connectivity index (χ2n) is 6.51. The van der Waals surface area contributed by atoms with Crippen LogP contribution in [-0.4, -0.2) is 24.9 Å². The average molecular weight is 370 g/mol. The Morgan fingerprint density at radius 3 is 2.22 bits per heavy atom. The Morgan fingerprint density at radius 1 is 0.778 bits per heavy atom. The Labute approximate surface area is 160 Å². The molecule has 2 aromatic carbocycles. The molecule has 0 heterocycles. The number of carbonyl (C=O) groups is 2. The first-order valence-electron chi connectivity index (χ1n) is 9.49. The molecule has 0 spiro atoms. The highest BCUT2D eigenvalue weighted by Gasteiger charge is 2.05. The van der Waals surface area contributed by atoms with E-state index in [1.165, 1.54) is 29.8 Å². The lowest BCUT2D eigenvalue weighted by molar-refractivity contribution is -0.121. The van der Waals surface area contributed by atoms with Gasteiger partial charge >= 0.3 is 0 Å². The molecular weight excluding hydrogens is 343 g/mol. The molecule has 0 aliphatic rings. The van der Waals surface area contributed by atoms with Crippen LogP contribution < -0.4 is 10.6 Å². The highest BCUT2D eigenvalue weighted by molar-refractivity contribution is 5.94. The predicted molar refractivity (Wildman–Crippen MR) is 105 cm³/mol. The van der Waals surface area contributed by atoms with Crippen LogP contribution in [0.3, 0.4) is 0 Å². The number of nitrogens with one attached hydrogen (secondary N) is 2. The van der Waals surface area contributed by atoms with Crippen molar-refractivity contribution in [2.24, 2.45) is 0 Å². The van der Waals surface area contributed by atoms with E-state index >= 15 is 0 Å². The summed E-state index contributed by atoms with van der Waals surface area (Å²) in [6, 6.07) is 15.7.